The Balaban J connectivity index is 4.85. The molecule has 0 aromatic carbocycles. The van der Waals surface area contributed by atoms with Gasteiger partial charge in [-0.05, 0) is 35.5 Å². The Labute approximate surface area is 183 Å². The monoisotopic (exact) mass is 431 g/mol. The van der Waals surface area contributed by atoms with Crippen LogP contribution in [0.3, 0.4) is 0 Å². The van der Waals surface area contributed by atoms with Crippen molar-refractivity contribution >= 4 is 11.9 Å². The highest BCUT2D eigenvalue weighted by atomic mass is 16.5. The molecule has 0 saturated heterocycles. The summed E-state index contributed by atoms with van der Waals surface area (Å²) < 4.78 is 10.8. The first kappa shape index (κ1) is 28.8. The zero-order valence-corrected chi connectivity index (χ0v) is 20.4. The van der Waals surface area contributed by atoms with Crippen LogP contribution in [0, 0.1) is 22.7 Å². The SMILES string of the molecule is CC(C)CC(C)(C)COC(=O)CN(CC(=O)OCC(C)(C)CC(C)C)C(CO)CO. The minimum Gasteiger partial charge on any atom is -0.464 e. The molecule has 0 rings (SSSR count). The predicted octanol–water partition coefficient (Wildman–Crippen LogP) is 2.87. The van der Waals surface area contributed by atoms with Crippen LogP contribution >= 0.6 is 0 Å². The highest BCUT2D eigenvalue weighted by Crippen LogP contribution is 2.26. The average Bonchev–Trinajstić information content (AvgIpc) is 2.57. The summed E-state index contributed by atoms with van der Waals surface area (Å²) in [6.07, 6.45) is 1.83. The maximum absolute atomic E-state index is 12.4. The van der Waals surface area contributed by atoms with Crippen LogP contribution in [0.25, 0.3) is 0 Å². The Morgan fingerprint density at radius 1 is 0.767 bits per heavy atom. The zero-order chi connectivity index (χ0) is 23.5. The molecule has 7 nitrogen and oxygen atoms in total. The summed E-state index contributed by atoms with van der Waals surface area (Å²) in [5.41, 5.74) is -0.300. The van der Waals surface area contributed by atoms with Gasteiger partial charge in [0.2, 0.25) is 0 Å². The smallest absolute Gasteiger partial charge is 0.320 e. The topological polar surface area (TPSA) is 96.3 Å². The van der Waals surface area contributed by atoms with Crippen LogP contribution < -0.4 is 0 Å². The molecule has 0 aromatic heterocycles. The van der Waals surface area contributed by atoms with Crippen LogP contribution in [0.4, 0.5) is 0 Å². The van der Waals surface area contributed by atoms with E-state index in [2.05, 4.69) is 27.7 Å². The van der Waals surface area contributed by atoms with Crippen LogP contribution in [0.2, 0.25) is 0 Å². The number of carbonyl (C=O) groups excluding carboxylic acids is 2. The maximum Gasteiger partial charge on any atom is 0.320 e. The molecule has 0 unspecified atom stereocenters. The number of carbonyl (C=O) groups is 2. The first-order chi connectivity index (χ1) is 13.7. The lowest BCUT2D eigenvalue weighted by molar-refractivity contribution is -0.154. The first-order valence-electron chi connectivity index (χ1n) is 11.0. The van der Waals surface area contributed by atoms with Gasteiger partial charge in [-0.1, -0.05) is 55.4 Å². The molecule has 0 spiro atoms. The maximum atomic E-state index is 12.4. The Hall–Kier alpha value is -1.18. The van der Waals surface area contributed by atoms with Crippen molar-refractivity contribution in [3.63, 3.8) is 0 Å². The van der Waals surface area contributed by atoms with Crippen LogP contribution in [0.5, 0.6) is 0 Å². The van der Waals surface area contributed by atoms with E-state index in [0.717, 1.165) is 12.8 Å². The largest absolute Gasteiger partial charge is 0.464 e. The number of nitrogens with zero attached hydrogens (tertiary/aromatic N) is 1. The third kappa shape index (κ3) is 13.2. The molecule has 0 bridgehead atoms. The second-order valence-electron chi connectivity index (χ2n) is 10.8. The normalized spacial score (nSPS) is 12.9. The minimum absolute atomic E-state index is 0.150. The average molecular weight is 432 g/mol. The van der Waals surface area contributed by atoms with Gasteiger partial charge in [-0.25, -0.2) is 0 Å². The zero-order valence-electron chi connectivity index (χ0n) is 20.4. The first-order valence-corrected chi connectivity index (χ1v) is 11.0. The lowest BCUT2D eigenvalue weighted by Crippen LogP contribution is -2.47. The van der Waals surface area contributed by atoms with Crippen LogP contribution in [-0.4, -0.2) is 72.6 Å². The number of rotatable bonds is 15. The molecule has 0 heterocycles. The molecule has 178 valence electrons. The van der Waals surface area contributed by atoms with Crippen molar-refractivity contribution in [1.29, 1.82) is 0 Å². The molecule has 0 radical (unpaired) electrons. The Morgan fingerprint density at radius 2 is 1.10 bits per heavy atom. The van der Waals surface area contributed by atoms with E-state index < -0.39 is 18.0 Å². The summed E-state index contributed by atoms with van der Waals surface area (Å²) >= 11 is 0. The van der Waals surface area contributed by atoms with Crippen LogP contribution in [-0.2, 0) is 19.1 Å². The summed E-state index contributed by atoms with van der Waals surface area (Å²) in [6.45, 7) is 16.0. The fourth-order valence-corrected chi connectivity index (χ4v) is 3.91. The molecule has 0 aliphatic rings. The molecule has 0 aliphatic heterocycles. The van der Waals surface area contributed by atoms with E-state index in [-0.39, 0.29) is 50.3 Å². The van der Waals surface area contributed by atoms with Gasteiger partial charge in [-0.15, -0.1) is 0 Å². The summed E-state index contributed by atoms with van der Waals surface area (Å²) in [5, 5.41) is 19.1. The van der Waals surface area contributed by atoms with Gasteiger partial charge in [0.1, 0.15) is 0 Å². The molecule has 0 atom stereocenters. The molecular weight excluding hydrogens is 386 g/mol. The van der Waals surface area contributed by atoms with Crippen molar-refractivity contribution in [2.45, 2.75) is 74.3 Å². The predicted molar refractivity (Wildman–Crippen MR) is 118 cm³/mol. The van der Waals surface area contributed by atoms with Crippen molar-refractivity contribution in [2.75, 3.05) is 39.5 Å². The highest BCUT2D eigenvalue weighted by molar-refractivity contribution is 5.75. The lowest BCUT2D eigenvalue weighted by Gasteiger charge is -2.30. The van der Waals surface area contributed by atoms with E-state index in [1.54, 1.807) is 0 Å². The molecule has 2 N–H and O–H groups in total. The molecule has 0 amide bonds. The summed E-state index contributed by atoms with van der Waals surface area (Å²) in [5.74, 6) is -0.0190. The van der Waals surface area contributed by atoms with Gasteiger partial charge in [-0.2, -0.15) is 0 Å². The van der Waals surface area contributed by atoms with Crippen molar-refractivity contribution in [2.24, 2.45) is 22.7 Å². The molecule has 0 saturated carbocycles. The van der Waals surface area contributed by atoms with Crippen molar-refractivity contribution in [1.82, 2.24) is 4.90 Å². The van der Waals surface area contributed by atoms with Crippen molar-refractivity contribution in [3.05, 3.63) is 0 Å². The number of hydrogen-bond acceptors (Lipinski definition) is 7. The third-order valence-corrected chi connectivity index (χ3v) is 4.77. The van der Waals surface area contributed by atoms with Gasteiger partial charge in [0.05, 0.1) is 45.6 Å². The van der Waals surface area contributed by atoms with E-state index >= 15 is 0 Å². The fourth-order valence-electron chi connectivity index (χ4n) is 3.91. The molecule has 7 heteroatoms. The highest BCUT2D eigenvalue weighted by Gasteiger charge is 2.27. The summed E-state index contributed by atoms with van der Waals surface area (Å²) in [6, 6.07) is -0.738. The Bertz CT molecular complexity index is 472. The Morgan fingerprint density at radius 3 is 1.37 bits per heavy atom. The van der Waals surface area contributed by atoms with E-state index in [9.17, 15) is 19.8 Å². The second-order valence-corrected chi connectivity index (χ2v) is 10.8. The second kappa shape index (κ2) is 13.3. The standard InChI is InChI=1S/C23H45NO6/c1-17(2)9-22(5,6)15-29-20(27)11-24(19(13-25)14-26)12-21(28)30-16-23(7,8)10-18(3)4/h17-19,25-26H,9-16H2,1-8H3. The fraction of sp³-hybridized carbons (Fsp3) is 0.913. The molecule has 0 aliphatic carbocycles. The summed E-state index contributed by atoms with van der Waals surface area (Å²) in [4.78, 5) is 26.1. The van der Waals surface area contributed by atoms with Gasteiger partial charge in [-0.3, -0.25) is 14.5 Å². The van der Waals surface area contributed by atoms with E-state index in [1.807, 2.05) is 27.7 Å². The molecule has 0 aromatic rings. The van der Waals surface area contributed by atoms with E-state index in [4.69, 9.17) is 9.47 Å². The Kier molecular flexibility index (Phi) is 12.8. The molecular formula is C23H45NO6. The van der Waals surface area contributed by atoms with Crippen molar-refractivity contribution in [3.8, 4) is 0 Å². The third-order valence-electron chi connectivity index (χ3n) is 4.77. The van der Waals surface area contributed by atoms with Gasteiger partial charge in [0.25, 0.3) is 0 Å². The molecule has 30 heavy (non-hydrogen) atoms. The number of hydrogen-bond donors (Lipinski definition) is 2. The quantitative estimate of drug-likeness (QED) is 0.385. The number of ether oxygens (including phenoxy) is 2. The number of aliphatic hydroxyl groups excluding tert-OH is 2. The minimum atomic E-state index is -0.738. The van der Waals surface area contributed by atoms with E-state index in [1.165, 1.54) is 4.90 Å². The lowest BCUT2D eigenvalue weighted by atomic mass is 9.85. The van der Waals surface area contributed by atoms with Gasteiger partial charge in [0, 0.05) is 0 Å². The summed E-state index contributed by atoms with van der Waals surface area (Å²) in [7, 11) is 0. The number of aliphatic hydroxyl groups is 2. The van der Waals surface area contributed by atoms with Crippen molar-refractivity contribution < 1.29 is 29.3 Å². The van der Waals surface area contributed by atoms with Crippen LogP contribution in [0.15, 0.2) is 0 Å². The van der Waals surface area contributed by atoms with Gasteiger partial charge < -0.3 is 19.7 Å². The van der Waals surface area contributed by atoms with Gasteiger partial charge >= 0.3 is 11.9 Å². The van der Waals surface area contributed by atoms with Crippen LogP contribution in [0.1, 0.15) is 68.2 Å². The molecule has 0 fully saturated rings. The number of esters is 2. The van der Waals surface area contributed by atoms with Gasteiger partial charge in [0.15, 0.2) is 0 Å². The van der Waals surface area contributed by atoms with E-state index in [0.29, 0.717) is 11.8 Å².